The van der Waals surface area contributed by atoms with Crippen molar-refractivity contribution in [3.8, 4) is 30.0 Å². The molecule has 7 rings (SSSR count). The Morgan fingerprint density at radius 1 is 0.667 bits per heavy atom. The first-order valence-electron chi connectivity index (χ1n) is 13.8. The molecule has 6 aromatic heterocycles. The molecule has 260 valence electrons. The Morgan fingerprint density at radius 2 is 1.00 bits per heavy atom. The minimum atomic E-state index is -1.95. The van der Waals surface area contributed by atoms with Gasteiger partial charge in [-0.05, 0) is 31.9 Å². The molecule has 1 aliphatic rings. The summed E-state index contributed by atoms with van der Waals surface area (Å²) in [5, 5.41) is 10.1. The van der Waals surface area contributed by atoms with Crippen molar-refractivity contribution in [2.45, 2.75) is 37.1 Å². The second-order valence-corrected chi connectivity index (χ2v) is 50.9. The molecule has 0 amide bonds. The fraction of sp³-hybridized carbons (Fsp3) is 0.345. The van der Waals surface area contributed by atoms with Crippen LogP contribution < -0.4 is 5.79 Å². The number of aromatic nitrogens is 6. The Labute approximate surface area is 336 Å². The Morgan fingerprint density at radius 3 is 1.21 bits per heavy atom. The third-order valence-electron chi connectivity index (χ3n) is 5.13. The molecular formula is C29H37Br2ClN6O2S6Sn2. The smallest absolute Gasteiger partial charge is 0.152 e. The fourth-order valence-corrected chi connectivity index (χ4v) is 18.0. The molecule has 1 fully saturated rings. The number of hydrogen-bond donors (Lipinski definition) is 0. The molecule has 0 atom stereocenters. The third-order valence-corrected chi connectivity index (χ3v) is 30.9. The molecule has 0 saturated carbocycles. The second-order valence-electron chi connectivity index (χ2n) is 11.1. The van der Waals surface area contributed by atoms with Crippen LogP contribution in [0, 0.1) is 0 Å². The average molecular weight is 1130 g/mol. The molecule has 0 radical (unpaired) electrons. The van der Waals surface area contributed by atoms with Crippen LogP contribution >= 0.6 is 111 Å². The van der Waals surface area contributed by atoms with Crippen LogP contribution in [0.1, 0.15) is 7.43 Å². The van der Waals surface area contributed by atoms with Crippen molar-refractivity contribution in [3.63, 3.8) is 0 Å². The van der Waals surface area contributed by atoms with Gasteiger partial charge in [0.25, 0.3) is 0 Å². The molecule has 19 heteroatoms. The summed E-state index contributed by atoms with van der Waals surface area (Å²) in [6, 6.07) is 0. The molecule has 1 saturated heterocycles. The minimum Gasteiger partial charge on any atom is -0.242 e. The van der Waals surface area contributed by atoms with E-state index in [1.165, 1.54) is 5.79 Å². The molecule has 1 aliphatic heterocycles. The summed E-state index contributed by atoms with van der Waals surface area (Å²) in [5.74, 6) is 0.111. The first-order valence-corrected chi connectivity index (χ1v) is 41.0. The number of ether oxygens (including phenoxy) is 1. The monoisotopic (exact) mass is 1130 g/mol. The van der Waals surface area contributed by atoms with Crippen molar-refractivity contribution in [2.75, 3.05) is 19.1 Å². The quantitative estimate of drug-likeness (QED) is 0.0703. The number of carbonyl (C=O) groups excluding carboxylic acids is 1. The van der Waals surface area contributed by atoms with Gasteiger partial charge in [-0.15, -0.1) is 56.9 Å². The predicted molar refractivity (Wildman–Crippen MR) is 225 cm³/mol. The van der Waals surface area contributed by atoms with Gasteiger partial charge in [0.2, 0.25) is 0 Å². The van der Waals surface area contributed by atoms with E-state index in [4.69, 9.17) is 16.4 Å². The van der Waals surface area contributed by atoms with Gasteiger partial charge >= 0.3 is 127 Å². The number of aldehydes is 1. The molecule has 0 aromatic carbocycles. The van der Waals surface area contributed by atoms with Crippen LogP contribution in [-0.2, 0) is 9.53 Å². The third kappa shape index (κ3) is 16.3. The van der Waals surface area contributed by atoms with E-state index >= 15 is 0 Å². The molecule has 48 heavy (non-hydrogen) atoms. The van der Waals surface area contributed by atoms with Gasteiger partial charge in [0, 0.05) is 23.2 Å². The van der Waals surface area contributed by atoms with Crippen LogP contribution in [-0.4, -0.2) is 92.0 Å². The van der Waals surface area contributed by atoms with Crippen LogP contribution in [0.2, 0.25) is 29.6 Å². The van der Waals surface area contributed by atoms with Crippen LogP contribution in [0.5, 0.6) is 0 Å². The van der Waals surface area contributed by atoms with E-state index in [0.717, 1.165) is 50.8 Å². The molecule has 0 unspecified atom stereocenters. The van der Waals surface area contributed by atoms with E-state index in [0.29, 0.717) is 6.29 Å². The van der Waals surface area contributed by atoms with E-state index in [2.05, 4.69) is 109 Å². The van der Waals surface area contributed by atoms with Crippen molar-refractivity contribution >= 4 is 160 Å². The maximum Gasteiger partial charge on any atom is 0.152 e. The minimum absolute atomic E-state index is 0. The Hall–Kier alpha value is 0.257. The van der Waals surface area contributed by atoms with Gasteiger partial charge in [0.1, 0.15) is 6.29 Å². The number of carbonyl (C=O) groups is 1. The van der Waals surface area contributed by atoms with E-state index in [1.54, 1.807) is 70.1 Å². The summed E-state index contributed by atoms with van der Waals surface area (Å²) >= 11 is 17.8. The summed E-state index contributed by atoms with van der Waals surface area (Å²) in [7, 11) is 0. The van der Waals surface area contributed by atoms with Gasteiger partial charge in [-0.25, -0.2) is 19.9 Å². The SMILES string of the molecule is Brc1cnc(-c2ncc(Br)s2)s1.C.C1CO1.O=CCCl.[CH3][Sn]([CH3])([CH3])[c]1cnc(-c2nc[c]([Sn]([CH3])([CH3])[CH3])s2)s1.c1csc(-c2nccs2)n1. The summed E-state index contributed by atoms with van der Waals surface area (Å²) in [6.07, 6.45) is 12.0. The number of rotatable bonds is 6. The van der Waals surface area contributed by atoms with E-state index < -0.39 is 36.8 Å². The molecule has 6 aromatic rings. The molecule has 0 bridgehead atoms. The summed E-state index contributed by atoms with van der Waals surface area (Å²) < 4.78 is 9.64. The Balaban J connectivity index is 0.000000232. The molecule has 0 aliphatic carbocycles. The number of epoxide rings is 1. The average Bonchev–Trinajstić information content (AvgIpc) is 3.70. The van der Waals surface area contributed by atoms with Crippen molar-refractivity contribution in [2.24, 2.45) is 0 Å². The molecule has 8 nitrogen and oxygen atoms in total. The second kappa shape index (κ2) is 22.4. The van der Waals surface area contributed by atoms with Crippen molar-refractivity contribution < 1.29 is 9.53 Å². The van der Waals surface area contributed by atoms with E-state index in [1.807, 2.05) is 33.4 Å². The van der Waals surface area contributed by atoms with Gasteiger partial charge in [0.05, 0.1) is 39.1 Å². The van der Waals surface area contributed by atoms with Gasteiger partial charge in [-0.1, -0.05) is 7.43 Å². The maximum atomic E-state index is 9.04. The molecular weight excluding hydrogens is 1090 g/mol. The first-order chi connectivity index (χ1) is 22.3. The van der Waals surface area contributed by atoms with Gasteiger partial charge in [0.15, 0.2) is 20.0 Å². The van der Waals surface area contributed by atoms with Crippen LogP contribution in [0.25, 0.3) is 30.0 Å². The predicted octanol–water partition coefficient (Wildman–Crippen LogP) is 10.5. The summed E-state index contributed by atoms with van der Waals surface area (Å²) in [4.78, 5) is 49.5. The normalized spacial score (nSPS) is 11.6. The zero-order chi connectivity index (χ0) is 34.5. The molecule has 0 spiro atoms. The van der Waals surface area contributed by atoms with Crippen LogP contribution in [0.4, 0.5) is 0 Å². The van der Waals surface area contributed by atoms with Gasteiger partial charge in [-0.2, -0.15) is 0 Å². The zero-order valence-electron chi connectivity index (χ0n) is 26.4. The van der Waals surface area contributed by atoms with Crippen molar-refractivity contribution in [3.05, 3.63) is 55.5 Å². The summed E-state index contributed by atoms with van der Waals surface area (Å²) in [6.45, 7) is 2.00. The Kier molecular flexibility index (Phi) is 20.7. The number of thiazole rings is 6. The number of halogens is 3. The summed E-state index contributed by atoms with van der Waals surface area (Å²) in [5.41, 5.74) is 0. The van der Waals surface area contributed by atoms with E-state index in [-0.39, 0.29) is 13.3 Å². The van der Waals surface area contributed by atoms with Gasteiger partial charge < -0.3 is 9.53 Å². The first kappa shape index (κ1) is 44.4. The maximum absolute atomic E-state index is 9.04. The standard InChI is InChI=1S/C6H2Br2N2S2.C6H4N2S2.C6H2N2S2.C2H3ClO.C2H4O.CH4.6CH3.2Sn/c7-3-1-9-5(11-3)6-10-2-4(8)12-6;2*1-3-9-5(7-1)6-8-2-4-10-6;3-1-2-4;1-2-3-1;;;;;;;;;/h1-2H;1-4H;1-2H;2H,1H2;1-2H2;1H4;6*1H3;;. The molecule has 7 heterocycles. The topological polar surface area (TPSA) is 107 Å². The van der Waals surface area contributed by atoms with Crippen molar-refractivity contribution in [1.29, 1.82) is 0 Å². The van der Waals surface area contributed by atoms with Crippen molar-refractivity contribution in [1.82, 2.24) is 29.9 Å². The largest absolute Gasteiger partial charge is 0.242 e. The van der Waals surface area contributed by atoms with Gasteiger partial charge in [-0.3, -0.25) is 0 Å². The molecule has 0 N–H and O–H groups in total. The zero-order valence-corrected chi connectivity index (χ0v) is 40.9. The number of nitrogens with zero attached hydrogens (tertiary/aromatic N) is 6. The number of hydrogen-bond acceptors (Lipinski definition) is 14. The van der Waals surface area contributed by atoms with Crippen LogP contribution in [0.3, 0.4) is 0 Å². The number of alkyl halides is 1. The fourth-order valence-electron chi connectivity index (χ4n) is 2.80. The van der Waals surface area contributed by atoms with E-state index in [9.17, 15) is 0 Å². The Bertz CT molecular complexity index is 1620. The van der Waals surface area contributed by atoms with Crippen LogP contribution in [0.15, 0.2) is 55.5 Å².